The number of rotatable bonds is 4. The van der Waals surface area contributed by atoms with Gasteiger partial charge in [-0.25, -0.2) is 10.5 Å². The van der Waals surface area contributed by atoms with Crippen LogP contribution >= 0.6 is 0 Å². The van der Waals surface area contributed by atoms with Crippen molar-refractivity contribution in [2.75, 3.05) is 5.73 Å². The van der Waals surface area contributed by atoms with Crippen molar-refractivity contribution in [3.05, 3.63) is 62.1 Å². The summed E-state index contributed by atoms with van der Waals surface area (Å²) < 4.78 is 0. The van der Waals surface area contributed by atoms with Crippen molar-refractivity contribution in [1.29, 1.82) is 0 Å². The third kappa shape index (κ3) is 3.50. The molecule has 0 fully saturated rings. The average molecular weight is 302 g/mol. The zero-order chi connectivity index (χ0) is 16.1. The van der Waals surface area contributed by atoms with Gasteiger partial charge in [0.05, 0.1) is 11.1 Å². The van der Waals surface area contributed by atoms with Crippen molar-refractivity contribution in [3.63, 3.8) is 0 Å². The molecule has 22 heavy (non-hydrogen) atoms. The summed E-state index contributed by atoms with van der Waals surface area (Å²) in [5, 5.41) is 19.8. The largest absolute Gasteiger partial charge is 0.394 e. The van der Waals surface area contributed by atoms with Crippen LogP contribution in [0.25, 0.3) is 0 Å². The number of aromatic amines is 1. The quantitative estimate of drug-likeness (QED) is 0.410. The number of aromatic nitrogens is 2. The van der Waals surface area contributed by atoms with Gasteiger partial charge in [0.2, 0.25) is 0 Å². The summed E-state index contributed by atoms with van der Waals surface area (Å²) in [6.07, 6.45) is 1.24. The molecule has 0 radical (unpaired) electrons. The van der Waals surface area contributed by atoms with Crippen LogP contribution in [0.2, 0.25) is 0 Å². The van der Waals surface area contributed by atoms with Gasteiger partial charge >= 0.3 is 0 Å². The molecule has 0 bridgehead atoms. The number of hydrazone groups is 1. The molecule has 0 unspecified atom stereocenters. The second-order valence-electron chi connectivity index (χ2n) is 4.09. The highest BCUT2D eigenvalue weighted by Crippen LogP contribution is 2.11. The lowest BCUT2D eigenvalue weighted by Crippen LogP contribution is -2.23. The second kappa shape index (κ2) is 6.26. The van der Waals surface area contributed by atoms with E-state index in [1.807, 2.05) is 0 Å². The molecule has 10 nitrogen and oxygen atoms in total. The van der Waals surface area contributed by atoms with Gasteiger partial charge in [-0.2, -0.15) is 10.2 Å². The average Bonchev–Trinajstić information content (AvgIpc) is 2.50. The van der Waals surface area contributed by atoms with Gasteiger partial charge in [-0.1, -0.05) is 12.1 Å². The third-order valence-electron chi connectivity index (χ3n) is 2.53. The smallest absolute Gasteiger partial charge is 0.291 e. The summed E-state index contributed by atoms with van der Waals surface area (Å²) in [4.78, 5) is 32.8. The number of nitrogens with two attached hydrogens (primary N) is 1. The SMILES string of the molecule is Nc1cc(C(=O)N/N=C/c2cccc([N+](=O)[O-])c2)n[nH]c1=O. The van der Waals surface area contributed by atoms with Crippen LogP contribution in [0, 0.1) is 10.1 Å². The summed E-state index contributed by atoms with van der Waals surface area (Å²) in [5.74, 6) is -0.690. The Labute approximate surface area is 122 Å². The number of nitrogens with zero attached hydrogens (tertiary/aromatic N) is 3. The number of benzene rings is 1. The lowest BCUT2D eigenvalue weighted by atomic mass is 10.2. The summed E-state index contributed by atoms with van der Waals surface area (Å²) >= 11 is 0. The van der Waals surface area contributed by atoms with Crippen molar-refractivity contribution in [3.8, 4) is 0 Å². The van der Waals surface area contributed by atoms with Crippen LogP contribution in [-0.2, 0) is 0 Å². The molecule has 1 aromatic heterocycles. The Morgan fingerprint density at radius 3 is 2.91 bits per heavy atom. The number of anilines is 1. The molecule has 1 aromatic carbocycles. The van der Waals surface area contributed by atoms with Gasteiger partial charge in [-0.15, -0.1) is 0 Å². The molecular formula is C12H10N6O4. The van der Waals surface area contributed by atoms with E-state index in [2.05, 4.69) is 20.7 Å². The summed E-state index contributed by atoms with van der Waals surface area (Å²) in [6.45, 7) is 0. The lowest BCUT2D eigenvalue weighted by Gasteiger charge is -1.99. The minimum Gasteiger partial charge on any atom is -0.394 e. The number of nitro benzene ring substituents is 1. The van der Waals surface area contributed by atoms with Crippen molar-refractivity contribution in [2.45, 2.75) is 0 Å². The van der Waals surface area contributed by atoms with E-state index < -0.39 is 16.4 Å². The van der Waals surface area contributed by atoms with Crippen LogP contribution in [-0.4, -0.2) is 27.2 Å². The van der Waals surface area contributed by atoms with E-state index in [9.17, 15) is 19.7 Å². The molecule has 0 aliphatic rings. The van der Waals surface area contributed by atoms with E-state index in [4.69, 9.17) is 5.73 Å². The zero-order valence-electron chi connectivity index (χ0n) is 11.0. The molecule has 4 N–H and O–H groups in total. The summed E-state index contributed by atoms with van der Waals surface area (Å²) in [5.41, 5.74) is 6.99. The predicted molar refractivity (Wildman–Crippen MR) is 77.4 cm³/mol. The molecule has 1 heterocycles. The fourth-order valence-corrected chi connectivity index (χ4v) is 1.48. The number of H-pyrrole nitrogens is 1. The highest BCUT2D eigenvalue weighted by atomic mass is 16.6. The van der Waals surface area contributed by atoms with Crippen LogP contribution in [0.5, 0.6) is 0 Å². The molecule has 0 saturated heterocycles. The number of non-ortho nitro benzene ring substituents is 1. The molecule has 0 atom stereocenters. The fourth-order valence-electron chi connectivity index (χ4n) is 1.48. The van der Waals surface area contributed by atoms with Gasteiger partial charge in [-0.3, -0.25) is 19.7 Å². The maximum absolute atomic E-state index is 11.7. The molecule has 0 spiro atoms. The molecule has 2 rings (SSSR count). The number of amides is 1. The third-order valence-corrected chi connectivity index (χ3v) is 2.53. The molecule has 0 aliphatic carbocycles. The number of carbonyl (C=O) groups excluding carboxylic acids is 1. The lowest BCUT2D eigenvalue weighted by molar-refractivity contribution is -0.384. The van der Waals surface area contributed by atoms with Gasteiger partial charge in [0.25, 0.3) is 17.2 Å². The Kier molecular flexibility index (Phi) is 4.22. The van der Waals surface area contributed by atoms with E-state index in [0.717, 1.165) is 6.07 Å². The minimum absolute atomic E-state index is 0.0923. The number of nitrogens with one attached hydrogen (secondary N) is 2. The van der Waals surface area contributed by atoms with Gasteiger partial charge in [0.1, 0.15) is 5.69 Å². The monoisotopic (exact) mass is 302 g/mol. The van der Waals surface area contributed by atoms with Crippen molar-refractivity contribution < 1.29 is 9.72 Å². The number of nitrogen functional groups attached to an aromatic ring is 1. The zero-order valence-corrected chi connectivity index (χ0v) is 11.0. The fraction of sp³-hybridized carbons (Fsp3) is 0. The molecular weight excluding hydrogens is 292 g/mol. The van der Waals surface area contributed by atoms with Crippen molar-refractivity contribution in [1.82, 2.24) is 15.6 Å². The van der Waals surface area contributed by atoms with Gasteiger partial charge in [-0.05, 0) is 6.07 Å². The molecule has 2 aromatic rings. The van der Waals surface area contributed by atoms with Crippen LogP contribution in [0.3, 0.4) is 0 Å². The van der Waals surface area contributed by atoms with E-state index in [-0.39, 0.29) is 17.1 Å². The standard InChI is InChI=1S/C12H10N6O4/c13-9-5-10(15-17-11(9)19)12(20)16-14-6-7-2-1-3-8(4-7)18(21)22/h1-6H,(H2,13,15)(H,16,20)(H,17,19)/b14-6+. The number of carbonyl (C=O) groups is 1. The summed E-state index contributed by atoms with van der Waals surface area (Å²) in [7, 11) is 0. The van der Waals surface area contributed by atoms with E-state index in [1.54, 1.807) is 6.07 Å². The van der Waals surface area contributed by atoms with Crippen LogP contribution in [0.4, 0.5) is 11.4 Å². The first-order valence-electron chi connectivity index (χ1n) is 5.90. The minimum atomic E-state index is -0.690. The van der Waals surface area contributed by atoms with Crippen molar-refractivity contribution >= 4 is 23.5 Å². The van der Waals surface area contributed by atoms with Crippen LogP contribution < -0.4 is 16.7 Å². The Hall–Kier alpha value is -3.56. The second-order valence-corrected chi connectivity index (χ2v) is 4.09. The van der Waals surface area contributed by atoms with Gasteiger partial charge < -0.3 is 5.73 Å². The normalized spacial score (nSPS) is 10.5. The number of nitro groups is 1. The van der Waals surface area contributed by atoms with Gasteiger partial charge in [0.15, 0.2) is 5.69 Å². The van der Waals surface area contributed by atoms with E-state index >= 15 is 0 Å². The van der Waals surface area contributed by atoms with Gasteiger partial charge in [0, 0.05) is 17.7 Å². The number of hydrogen-bond acceptors (Lipinski definition) is 7. The van der Waals surface area contributed by atoms with Crippen LogP contribution in [0.15, 0.2) is 40.2 Å². The highest BCUT2D eigenvalue weighted by Gasteiger charge is 2.08. The predicted octanol–water partition coefficient (Wildman–Crippen LogP) is 0.0242. The first-order chi connectivity index (χ1) is 10.5. The van der Waals surface area contributed by atoms with E-state index in [0.29, 0.717) is 5.56 Å². The molecule has 1 amide bonds. The molecule has 10 heteroatoms. The van der Waals surface area contributed by atoms with Crippen molar-refractivity contribution in [2.24, 2.45) is 5.10 Å². The first kappa shape index (κ1) is 14.8. The maximum atomic E-state index is 11.7. The first-order valence-corrected chi connectivity index (χ1v) is 5.90. The topological polar surface area (TPSA) is 156 Å². The Bertz CT molecular complexity index is 813. The van der Waals surface area contributed by atoms with E-state index in [1.165, 1.54) is 24.4 Å². The Morgan fingerprint density at radius 2 is 2.23 bits per heavy atom. The number of hydrogen-bond donors (Lipinski definition) is 3. The maximum Gasteiger partial charge on any atom is 0.291 e. The summed E-state index contributed by atoms with van der Waals surface area (Å²) in [6, 6.07) is 6.82. The van der Waals surface area contributed by atoms with Crippen LogP contribution in [0.1, 0.15) is 16.1 Å². The Balaban J connectivity index is 2.07. The molecule has 0 saturated carbocycles. The molecule has 112 valence electrons. The Morgan fingerprint density at radius 1 is 1.45 bits per heavy atom. The molecule has 0 aliphatic heterocycles. The highest BCUT2D eigenvalue weighted by molar-refractivity contribution is 5.93.